The highest BCUT2D eigenvalue weighted by molar-refractivity contribution is 8.26. The zero-order valence-electron chi connectivity index (χ0n) is 20.4. The Kier molecular flexibility index (Phi) is 8.27. The Morgan fingerprint density at radius 3 is 2.47 bits per heavy atom. The topological polar surface area (TPSA) is 106 Å². The first kappa shape index (κ1) is 25.3. The van der Waals surface area contributed by atoms with Crippen molar-refractivity contribution in [2.24, 2.45) is 10.1 Å². The molecule has 0 radical (unpaired) electrons. The van der Waals surface area contributed by atoms with Gasteiger partial charge in [0.2, 0.25) is 5.17 Å². The maximum atomic E-state index is 12.7. The average molecular weight is 509 g/mol. The minimum absolute atomic E-state index is 0.0129. The van der Waals surface area contributed by atoms with Gasteiger partial charge in [0, 0.05) is 0 Å². The molecule has 10 heteroatoms. The molecule has 0 atom stereocenters. The fourth-order valence-corrected chi connectivity index (χ4v) is 4.43. The smallest absolute Gasteiger partial charge is 0.283 e. The van der Waals surface area contributed by atoms with Crippen molar-refractivity contribution in [1.29, 1.82) is 5.41 Å². The van der Waals surface area contributed by atoms with E-state index in [1.807, 2.05) is 24.3 Å². The lowest BCUT2D eigenvalue weighted by molar-refractivity contribution is -0.114. The monoisotopic (exact) mass is 508 g/mol. The SMILES string of the molecule is CCCCC1=NN2C(=N)C(=Cc3ccc(OCCOc4ccc(OC)cc4)c(OC)c3)C(=O)N=C2S1. The molecule has 0 spiro atoms. The molecule has 36 heavy (non-hydrogen) atoms. The van der Waals surface area contributed by atoms with Crippen LogP contribution in [0.15, 0.2) is 58.1 Å². The van der Waals surface area contributed by atoms with Crippen LogP contribution >= 0.6 is 11.8 Å². The number of benzene rings is 2. The van der Waals surface area contributed by atoms with Crippen LogP contribution in [-0.4, -0.2) is 54.4 Å². The highest BCUT2D eigenvalue weighted by atomic mass is 32.2. The van der Waals surface area contributed by atoms with Crippen LogP contribution in [0.4, 0.5) is 0 Å². The van der Waals surface area contributed by atoms with Gasteiger partial charge in [-0.05, 0) is 72.6 Å². The number of nitrogens with one attached hydrogen (secondary N) is 1. The Balaban J connectivity index is 1.40. The van der Waals surface area contributed by atoms with E-state index < -0.39 is 5.91 Å². The quantitative estimate of drug-likeness (QED) is 0.337. The van der Waals surface area contributed by atoms with Crippen LogP contribution in [0.25, 0.3) is 6.08 Å². The molecule has 0 saturated carbocycles. The zero-order chi connectivity index (χ0) is 25.5. The Bertz CT molecular complexity index is 1220. The number of ether oxygens (including phenoxy) is 4. The Morgan fingerprint density at radius 2 is 1.75 bits per heavy atom. The third kappa shape index (κ3) is 5.88. The number of hydrazone groups is 1. The molecular weight excluding hydrogens is 480 g/mol. The number of methoxy groups -OCH3 is 2. The van der Waals surface area contributed by atoms with Gasteiger partial charge in [0.1, 0.15) is 29.8 Å². The number of fused-ring (bicyclic) bond motifs is 1. The van der Waals surface area contributed by atoms with Crippen molar-refractivity contribution in [2.75, 3.05) is 27.4 Å². The summed E-state index contributed by atoms with van der Waals surface area (Å²) < 4.78 is 22.1. The molecule has 0 aromatic heterocycles. The summed E-state index contributed by atoms with van der Waals surface area (Å²) in [5, 5.41) is 15.7. The largest absolute Gasteiger partial charge is 0.497 e. The molecule has 0 fully saturated rings. The number of aliphatic imine (C=N–C) groups is 1. The molecule has 2 aromatic carbocycles. The van der Waals surface area contributed by atoms with E-state index in [1.165, 1.54) is 16.8 Å². The summed E-state index contributed by atoms with van der Waals surface area (Å²) in [4.78, 5) is 16.8. The van der Waals surface area contributed by atoms with Crippen molar-refractivity contribution in [3.8, 4) is 23.0 Å². The summed E-state index contributed by atoms with van der Waals surface area (Å²) in [6.45, 7) is 2.77. The molecule has 1 amide bonds. The highest BCUT2D eigenvalue weighted by Crippen LogP contribution is 2.32. The Labute approximate surface area is 214 Å². The van der Waals surface area contributed by atoms with Gasteiger partial charge in [-0.15, -0.1) is 0 Å². The van der Waals surface area contributed by atoms with Crippen molar-refractivity contribution in [2.45, 2.75) is 26.2 Å². The number of hydrogen-bond acceptors (Lipinski definition) is 8. The van der Waals surface area contributed by atoms with Gasteiger partial charge in [-0.2, -0.15) is 15.1 Å². The van der Waals surface area contributed by atoms with Crippen LogP contribution < -0.4 is 18.9 Å². The van der Waals surface area contributed by atoms with E-state index >= 15 is 0 Å². The fraction of sp³-hybridized carbons (Fsp3) is 0.308. The predicted octanol–water partition coefficient (Wildman–Crippen LogP) is 4.97. The summed E-state index contributed by atoms with van der Waals surface area (Å²) in [6.07, 6.45) is 4.47. The number of hydrogen-bond donors (Lipinski definition) is 1. The van der Waals surface area contributed by atoms with Crippen LogP contribution in [0.2, 0.25) is 0 Å². The molecule has 0 bridgehead atoms. The number of unbranched alkanes of at least 4 members (excludes halogenated alkanes) is 1. The molecule has 0 unspecified atom stereocenters. The lowest BCUT2D eigenvalue weighted by Crippen LogP contribution is -2.35. The summed E-state index contributed by atoms with van der Waals surface area (Å²) in [5.41, 5.74) is 0.853. The summed E-state index contributed by atoms with van der Waals surface area (Å²) in [7, 11) is 3.16. The minimum atomic E-state index is -0.458. The number of rotatable bonds is 11. The average Bonchev–Trinajstić information content (AvgIpc) is 3.31. The van der Waals surface area contributed by atoms with Crippen LogP contribution in [0, 0.1) is 5.41 Å². The van der Waals surface area contributed by atoms with Crippen molar-refractivity contribution < 1.29 is 23.7 Å². The summed E-state index contributed by atoms with van der Waals surface area (Å²) >= 11 is 1.35. The number of carbonyl (C=O) groups is 1. The van der Waals surface area contributed by atoms with Gasteiger partial charge in [-0.1, -0.05) is 19.4 Å². The van der Waals surface area contributed by atoms with Crippen LogP contribution in [0.1, 0.15) is 31.7 Å². The van der Waals surface area contributed by atoms with Gasteiger partial charge in [-0.3, -0.25) is 10.2 Å². The first-order valence-electron chi connectivity index (χ1n) is 11.6. The van der Waals surface area contributed by atoms with E-state index in [-0.39, 0.29) is 11.4 Å². The molecule has 4 rings (SSSR count). The molecule has 0 saturated heterocycles. The van der Waals surface area contributed by atoms with Crippen LogP contribution in [0.5, 0.6) is 23.0 Å². The van der Waals surface area contributed by atoms with Crippen LogP contribution in [-0.2, 0) is 4.79 Å². The number of amidine groups is 2. The van der Waals surface area contributed by atoms with E-state index in [2.05, 4.69) is 17.0 Å². The van der Waals surface area contributed by atoms with Gasteiger partial charge in [0.05, 0.1) is 19.8 Å². The summed E-state index contributed by atoms with van der Waals surface area (Å²) in [5.74, 6) is 2.09. The molecule has 188 valence electrons. The number of amides is 1. The van der Waals surface area contributed by atoms with E-state index in [0.717, 1.165) is 35.8 Å². The second-order valence-corrected chi connectivity index (χ2v) is 8.94. The molecule has 2 aliphatic heterocycles. The summed E-state index contributed by atoms with van der Waals surface area (Å²) in [6, 6.07) is 12.6. The molecule has 2 aliphatic rings. The molecule has 9 nitrogen and oxygen atoms in total. The molecule has 2 aromatic rings. The standard InChI is InChI=1S/C26H28N4O5S/c1-4-5-6-23-29-30-24(27)20(25(31)28-26(30)36-23)15-17-7-12-21(22(16-17)33-3)35-14-13-34-19-10-8-18(32-2)9-11-19/h7-12,15-16,27H,4-6,13-14H2,1-3H3. The normalized spacial score (nSPS) is 16.0. The maximum Gasteiger partial charge on any atom is 0.283 e. The number of carbonyl (C=O) groups excluding carboxylic acids is 1. The van der Waals surface area contributed by atoms with E-state index in [9.17, 15) is 4.79 Å². The lowest BCUT2D eigenvalue weighted by atomic mass is 10.1. The number of thioether (sulfide) groups is 1. The molecular formula is C26H28N4O5S. The Morgan fingerprint density at radius 1 is 1.00 bits per heavy atom. The van der Waals surface area contributed by atoms with Gasteiger partial charge >= 0.3 is 0 Å². The van der Waals surface area contributed by atoms with Gasteiger partial charge < -0.3 is 18.9 Å². The van der Waals surface area contributed by atoms with Gasteiger partial charge in [0.25, 0.3) is 5.91 Å². The van der Waals surface area contributed by atoms with E-state index in [1.54, 1.807) is 38.5 Å². The lowest BCUT2D eigenvalue weighted by Gasteiger charge is -2.20. The first-order chi connectivity index (χ1) is 17.5. The van der Waals surface area contributed by atoms with Gasteiger partial charge in [-0.25, -0.2) is 0 Å². The molecule has 0 aliphatic carbocycles. The van der Waals surface area contributed by atoms with E-state index in [0.29, 0.717) is 35.4 Å². The van der Waals surface area contributed by atoms with Crippen LogP contribution in [0.3, 0.4) is 0 Å². The van der Waals surface area contributed by atoms with Crippen molar-refractivity contribution in [1.82, 2.24) is 5.01 Å². The predicted molar refractivity (Wildman–Crippen MR) is 142 cm³/mol. The third-order valence-electron chi connectivity index (χ3n) is 5.41. The Hall–Kier alpha value is -3.79. The maximum absolute atomic E-state index is 12.7. The van der Waals surface area contributed by atoms with Crippen molar-refractivity contribution in [3.63, 3.8) is 0 Å². The van der Waals surface area contributed by atoms with Crippen molar-refractivity contribution in [3.05, 3.63) is 53.6 Å². The minimum Gasteiger partial charge on any atom is -0.497 e. The highest BCUT2D eigenvalue weighted by Gasteiger charge is 2.35. The third-order valence-corrected chi connectivity index (χ3v) is 6.38. The zero-order valence-corrected chi connectivity index (χ0v) is 21.3. The molecule has 2 heterocycles. The molecule has 1 N–H and O–H groups in total. The fourth-order valence-electron chi connectivity index (χ4n) is 3.50. The first-order valence-corrected chi connectivity index (χ1v) is 12.4. The van der Waals surface area contributed by atoms with Crippen molar-refractivity contribution >= 4 is 39.8 Å². The number of nitrogens with zero attached hydrogens (tertiary/aromatic N) is 3. The second-order valence-electron chi connectivity index (χ2n) is 7.90. The van der Waals surface area contributed by atoms with E-state index in [4.69, 9.17) is 24.4 Å². The van der Waals surface area contributed by atoms with Gasteiger partial charge in [0.15, 0.2) is 17.3 Å². The second kappa shape index (κ2) is 11.8.